The first kappa shape index (κ1) is 14.7. The summed E-state index contributed by atoms with van der Waals surface area (Å²) in [5.74, 6) is 0. The molecule has 2 unspecified atom stereocenters. The van der Waals surface area contributed by atoms with Gasteiger partial charge in [0.25, 0.3) is 0 Å². The van der Waals surface area contributed by atoms with E-state index in [2.05, 4.69) is 35.4 Å². The Bertz CT molecular complexity index is 520. The average molecular weight is 277 g/mol. The molecular weight excluding hydrogens is 254 g/mol. The lowest BCUT2D eigenvalue weighted by molar-refractivity contribution is 0.142. The van der Waals surface area contributed by atoms with Crippen molar-refractivity contribution >= 4 is 0 Å². The molecular formula is C14H23N5O. The highest BCUT2D eigenvalue weighted by atomic mass is 16.3. The summed E-state index contributed by atoms with van der Waals surface area (Å²) < 4.78 is 3.73. The highest BCUT2D eigenvalue weighted by Crippen LogP contribution is 2.03. The minimum Gasteiger partial charge on any atom is -0.390 e. The van der Waals surface area contributed by atoms with Crippen molar-refractivity contribution in [2.45, 2.75) is 46.0 Å². The first-order valence-electron chi connectivity index (χ1n) is 6.94. The maximum atomic E-state index is 9.95. The number of nitrogens with one attached hydrogen (secondary N) is 1. The molecule has 2 atom stereocenters. The number of aliphatic hydroxyl groups excluding tert-OH is 1. The van der Waals surface area contributed by atoms with Crippen LogP contribution >= 0.6 is 0 Å². The number of aromatic nitrogens is 4. The Kier molecular flexibility index (Phi) is 4.92. The zero-order valence-corrected chi connectivity index (χ0v) is 12.3. The van der Waals surface area contributed by atoms with Crippen LogP contribution in [0.3, 0.4) is 0 Å². The quantitative estimate of drug-likeness (QED) is 0.783. The standard InChI is InChI=1S/C14H23N5O/c1-11-7-13(3)19(17-11)9-12(2)15-8-14(20)10-18-6-4-5-16-18/h4-7,12,14-15,20H,8-10H2,1-3H3. The SMILES string of the molecule is Cc1cc(C)n(CC(C)NCC(O)Cn2cccn2)n1. The fraction of sp³-hybridized carbons (Fsp3) is 0.571. The molecule has 0 aliphatic heterocycles. The third-order valence-electron chi connectivity index (χ3n) is 3.21. The molecule has 0 amide bonds. The van der Waals surface area contributed by atoms with Crippen molar-refractivity contribution in [2.24, 2.45) is 0 Å². The van der Waals surface area contributed by atoms with Gasteiger partial charge >= 0.3 is 0 Å². The second kappa shape index (κ2) is 6.67. The first-order chi connectivity index (χ1) is 9.54. The van der Waals surface area contributed by atoms with Crippen molar-refractivity contribution in [1.29, 1.82) is 0 Å². The van der Waals surface area contributed by atoms with Gasteiger partial charge in [-0.2, -0.15) is 10.2 Å². The highest BCUT2D eigenvalue weighted by Gasteiger charge is 2.10. The van der Waals surface area contributed by atoms with Crippen molar-refractivity contribution in [3.8, 4) is 0 Å². The molecule has 2 aromatic rings. The van der Waals surface area contributed by atoms with Gasteiger partial charge in [-0.1, -0.05) is 0 Å². The van der Waals surface area contributed by atoms with Gasteiger partial charge in [0.05, 0.1) is 24.9 Å². The molecule has 0 bridgehead atoms. The molecule has 6 heteroatoms. The molecule has 2 aromatic heterocycles. The summed E-state index contributed by atoms with van der Waals surface area (Å²) in [5, 5.41) is 21.8. The van der Waals surface area contributed by atoms with Crippen LogP contribution in [0.25, 0.3) is 0 Å². The van der Waals surface area contributed by atoms with E-state index in [1.54, 1.807) is 10.9 Å². The van der Waals surface area contributed by atoms with Crippen LogP contribution in [0.15, 0.2) is 24.5 Å². The fourth-order valence-electron chi connectivity index (χ4n) is 2.21. The molecule has 0 fully saturated rings. The molecule has 110 valence electrons. The van der Waals surface area contributed by atoms with Gasteiger partial charge in [0, 0.05) is 30.7 Å². The smallest absolute Gasteiger partial charge is 0.0860 e. The maximum absolute atomic E-state index is 9.95. The minimum atomic E-state index is -0.446. The van der Waals surface area contributed by atoms with Gasteiger partial charge < -0.3 is 10.4 Å². The molecule has 0 aliphatic rings. The van der Waals surface area contributed by atoms with E-state index in [9.17, 15) is 5.11 Å². The monoisotopic (exact) mass is 277 g/mol. The summed E-state index contributed by atoms with van der Waals surface area (Å²) in [6, 6.07) is 4.17. The fourth-order valence-corrected chi connectivity index (χ4v) is 2.21. The Morgan fingerprint density at radius 1 is 1.35 bits per heavy atom. The summed E-state index contributed by atoms with van der Waals surface area (Å²) in [6.45, 7) is 7.99. The molecule has 2 N–H and O–H groups in total. The molecule has 2 heterocycles. The number of aliphatic hydroxyl groups is 1. The number of nitrogens with zero attached hydrogens (tertiary/aromatic N) is 4. The summed E-state index contributed by atoms with van der Waals surface area (Å²) in [7, 11) is 0. The number of aryl methyl sites for hydroxylation is 2. The topological polar surface area (TPSA) is 67.9 Å². The van der Waals surface area contributed by atoms with E-state index < -0.39 is 6.10 Å². The molecule has 6 nitrogen and oxygen atoms in total. The molecule has 0 saturated carbocycles. The van der Waals surface area contributed by atoms with Gasteiger partial charge in [-0.25, -0.2) is 0 Å². The Labute approximate surface area is 119 Å². The van der Waals surface area contributed by atoms with E-state index >= 15 is 0 Å². The minimum absolute atomic E-state index is 0.250. The zero-order chi connectivity index (χ0) is 14.5. The van der Waals surface area contributed by atoms with Gasteiger partial charge in [0.2, 0.25) is 0 Å². The van der Waals surface area contributed by atoms with Gasteiger partial charge in [-0.15, -0.1) is 0 Å². The zero-order valence-electron chi connectivity index (χ0n) is 12.3. The highest BCUT2D eigenvalue weighted by molar-refractivity contribution is 5.06. The van der Waals surface area contributed by atoms with Gasteiger partial charge in [0.1, 0.15) is 0 Å². The molecule has 0 aliphatic carbocycles. The van der Waals surface area contributed by atoms with E-state index in [0.29, 0.717) is 13.1 Å². The van der Waals surface area contributed by atoms with Crippen LogP contribution in [0.5, 0.6) is 0 Å². The Balaban J connectivity index is 1.74. The predicted octanol–water partition coefficient (Wildman–Crippen LogP) is 0.736. The molecule has 0 aromatic carbocycles. The Morgan fingerprint density at radius 3 is 2.75 bits per heavy atom. The molecule has 0 spiro atoms. The lowest BCUT2D eigenvalue weighted by Gasteiger charge is -2.18. The second-order valence-corrected chi connectivity index (χ2v) is 5.30. The van der Waals surface area contributed by atoms with E-state index in [1.165, 1.54) is 0 Å². The van der Waals surface area contributed by atoms with Crippen LogP contribution < -0.4 is 5.32 Å². The van der Waals surface area contributed by atoms with Crippen molar-refractivity contribution in [2.75, 3.05) is 6.54 Å². The van der Waals surface area contributed by atoms with Gasteiger partial charge in [-0.05, 0) is 32.9 Å². The summed E-state index contributed by atoms with van der Waals surface area (Å²) in [4.78, 5) is 0. The second-order valence-electron chi connectivity index (χ2n) is 5.30. The van der Waals surface area contributed by atoms with Gasteiger partial charge in [-0.3, -0.25) is 9.36 Å². The summed E-state index contributed by atoms with van der Waals surface area (Å²) in [6.07, 6.45) is 3.12. The number of hydrogen-bond donors (Lipinski definition) is 2. The molecule has 0 radical (unpaired) electrons. The van der Waals surface area contributed by atoms with Crippen molar-refractivity contribution in [3.05, 3.63) is 35.9 Å². The molecule has 2 rings (SSSR count). The van der Waals surface area contributed by atoms with E-state index in [1.807, 2.05) is 23.9 Å². The van der Waals surface area contributed by atoms with E-state index in [-0.39, 0.29) is 6.04 Å². The summed E-state index contributed by atoms with van der Waals surface area (Å²) >= 11 is 0. The Hall–Kier alpha value is -1.66. The predicted molar refractivity (Wildman–Crippen MR) is 77.4 cm³/mol. The maximum Gasteiger partial charge on any atom is 0.0860 e. The van der Waals surface area contributed by atoms with Crippen LogP contribution in [-0.2, 0) is 13.1 Å². The first-order valence-corrected chi connectivity index (χ1v) is 6.94. The average Bonchev–Trinajstić information content (AvgIpc) is 2.98. The van der Waals surface area contributed by atoms with Crippen LogP contribution in [0.2, 0.25) is 0 Å². The third kappa shape index (κ3) is 4.18. The van der Waals surface area contributed by atoms with Crippen LogP contribution in [-0.4, -0.2) is 43.4 Å². The van der Waals surface area contributed by atoms with E-state index in [4.69, 9.17) is 0 Å². The lowest BCUT2D eigenvalue weighted by Crippen LogP contribution is -2.38. The van der Waals surface area contributed by atoms with Crippen LogP contribution in [0.1, 0.15) is 18.3 Å². The van der Waals surface area contributed by atoms with Crippen molar-refractivity contribution in [3.63, 3.8) is 0 Å². The van der Waals surface area contributed by atoms with Gasteiger partial charge in [0.15, 0.2) is 0 Å². The number of rotatable bonds is 7. The van der Waals surface area contributed by atoms with Crippen molar-refractivity contribution < 1.29 is 5.11 Å². The normalized spacial score (nSPS) is 14.4. The number of hydrogen-bond acceptors (Lipinski definition) is 4. The van der Waals surface area contributed by atoms with Crippen molar-refractivity contribution in [1.82, 2.24) is 24.9 Å². The van der Waals surface area contributed by atoms with Crippen LogP contribution in [0, 0.1) is 13.8 Å². The molecule has 0 saturated heterocycles. The summed E-state index contributed by atoms with van der Waals surface area (Å²) in [5.41, 5.74) is 2.20. The Morgan fingerprint density at radius 2 is 2.15 bits per heavy atom. The lowest BCUT2D eigenvalue weighted by atomic mass is 10.3. The van der Waals surface area contributed by atoms with E-state index in [0.717, 1.165) is 17.9 Å². The van der Waals surface area contributed by atoms with Crippen LogP contribution in [0.4, 0.5) is 0 Å². The molecule has 20 heavy (non-hydrogen) atoms. The third-order valence-corrected chi connectivity index (χ3v) is 3.21. The largest absolute Gasteiger partial charge is 0.390 e.